The third-order valence-electron chi connectivity index (χ3n) is 2.89. The molecule has 1 fully saturated rings. The van der Waals surface area contributed by atoms with E-state index < -0.39 is 0 Å². The number of rotatable bonds is 2. The molecule has 2 aromatic rings. The summed E-state index contributed by atoms with van der Waals surface area (Å²) in [4.78, 5) is 11.1. The summed E-state index contributed by atoms with van der Waals surface area (Å²) < 4.78 is 13.2. The molecular formula is C11H13BrN4O2. The number of methoxy groups -OCH3 is 1. The van der Waals surface area contributed by atoms with Gasteiger partial charge in [0, 0.05) is 19.3 Å². The highest BCUT2D eigenvalue weighted by Gasteiger charge is 2.18. The van der Waals surface area contributed by atoms with E-state index in [1.807, 2.05) is 16.8 Å². The molecule has 3 rings (SSSR count). The smallest absolute Gasteiger partial charge is 0.232 e. The van der Waals surface area contributed by atoms with Crippen LogP contribution in [0.3, 0.4) is 0 Å². The van der Waals surface area contributed by atoms with E-state index in [0.29, 0.717) is 5.88 Å². The monoisotopic (exact) mass is 312 g/mol. The molecule has 0 atom stereocenters. The molecule has 0 amide bonds. The standard InChI is InChI=1S/C11H13BrN4O2/c1-17-9-7-16-6-8(12)13-10(11(16)14-9)15-2-4-18-5-3-15/h6-7H,2-5H2,1H3. The Labute approximate surface area is 113 Å². The molecule has 1 aliphatic rings. The third kappa shape index (κ3) is 2.04. The number of nitrogens with zero attached hydrogens (tertiary/aromatic N) is 4. The molecule has 18 heavy (non-hydrogen) atoms. The lowest BCUT2D eigenvalue weighted by atomic mass is 10.4. The Morgan fingerprint density at radius 2 is 2.06 bits per heavy atom. The van der Waals surface area contributed by atoms with Gasteiger partial charge in [-0.3, -0.25) is 4.40 Å². The quantitative estimate of drug-likeness (QED) is 0.837. The average Bonchev–Trinajstić information content (AvgIpc) is 2.81. The lowest BCUT2D eigenvalue weighted by molar-refractivity contribution is 0.122. The highest BCUT2D eigenvalue weighted by Crippen LogP contribution is 2.24. The normalized spacial score (nSPS) is 16.2. The van der Waals surface area contributed by atoms with E-state index in [1.165, 1.54) is 0 Å². The maximum atomic E-state index is 5.36. The molecule has 2 aromatic heterocycles. The number of imidazole rings is 1. The van der Waals surface area contributed by atoms with Gasteiger partial charge in [-0.05, 0) is 15.9 Å². The lowest BCUT2D eigenvalue weighted by Gasteiger charge is -2.27. The van der Waals surface area contributed by atoms with Gasteiger partial charge >= 0.3 is 0 Å². The Morgan fingerprint density at radius 3 is 2.78 bits per heavy atom. The van der Waals surface area contributed by atoms with Crippen LogP contribution in [0.2, 0.25) is 0 Å². The minimum atomic E-state index is 0.587. The molecule has 6 nitrogen and oxygen atoms in total. The molecule has 0 N–H and O–H groups in total. The summed E-state index contributed by atoms with van der Waals surface area (Å²) in [5.74, 6) is 1.44. The van der Waals surface area contributed by atoms with Crippen molar-refractivity contribution in [2.24, 2.45) is 0 Å². The Kier molecular flexibility index (Phi) is 3.09. The van der Waals surface area contributed by atoms with Crippen molar-refractivity contribution < 1.29 is 9.47 Å². The van der Waals surface area contributed by atoms with Crippen LogP contribution in [0.4, 0.5) is 5.82 Å². The summed E-state index contributed by atoms with van der Waals surface area (Å²) in [6.07, 6.45) is 3.71. The van der Waals surface area contributed by atoms with Crippen molar-refractivity contribution in [3.63, 3.8) is 0 Å². The van der Waals surface area contributed by atoms with Gasteiger partial charge < -0.3 is 14.4 Å². The number of morpholine rings is 1. The van der Waals surface area contributed by atoms with Crippen LogP contribution in [0.15, 0.2) is 17.0 Å². The summed E-state index contributed by atoms with van der Waals surface area (Å²) in [5.41, 5.74) is 0.803. The van der Waals surface area contributed by atoms with Gasteiger partial charge in [0.05, 0.1) is 26.5 Å². The van der Waals surface area contributed by atoms with Crippen molar-refractivity contribution in [1.29, 1.82) is 0 Å². The summed E-state index contributed by atoms with van der Waals surface area (Å²) in [6, 6.07) is 0. The van der Waals surface area contributed by atoms with E-state index in [2.05, 4.69) is 30.8 Å². The first-order chi connectivity index (χ1) is 8.78. The Balaban J connectivity index is 2.10. The largest absolute Gasteiger partial charge is 0.480 e. The second-order valence-electron chi connectivity index (χ2n) is 4.00. The molecule has 0 aromatic carbocycles. The number of halogens is 1. The Morgan fingerprint density at radius 1 is 1.28 bits per heavy atom. The van der Waals surface area contributed by atoms with Gasteiger partial charge in [0.2, 0.25) is 5.88 Å². The fourth-order valence-corrected chi connectivity index (χ4v) is 2.40. The van der Waals surface area contributed by atoms with Gasteiger partial charge in [0.15, 0.2) is 11.5 Å². The Hall–Kier alpha value is -1.34. The molecule has 7 heteroatoms. The molecule has 1 saturated heterocycles. The zero-order chi connectivity index (χ0) is 12.5. The predicted octanol–water partition coefficient (Wildman–Crippen LogP) is 1.34. The van der Waals surface area contributed by atoms with Crippen molar-refractivity contribution in [2.45, 2.75) is 0 Å². The molecule has 3 heterocycles. The minimum absolute atomic E-state index is 0.587. The van der Waals surface area contributed by atoms with Gasteiger partial charge in [0.25, 0.3) is 0 Å². The van der Waals surface area contributed by atoms with E-state index in [-0.39, 0.29) is 0 Å². The lowest BCUT2D eigenvalue weighted by Crippen LogP contribution is -2.37. The van der Waals surface area contributed by atoms with Crippen LogP contribution < -0.4 is 9.64 Å². The van der Waals surface area contributed by atoms with Crippen LogP contribution in [-0.4, -0.2) is 47.8 Å². The first-order valence-corrected chi connectivity index (χ1v) is 6.49. The number of ether oxygens (including phenoxy) is 2. The maximum absolute atomic E-state index is 5.36. The Bertz CT molecular complexity index is 565. The first kappa shape index (κ1) is 11.7. The topological polar surface area (TPSA) is 51.9 Å². The molecule has 0 saturated carbocycles. The van der Waals surface area contributed by atoms with Crippen molar-refractivity contribution in [3.8, 4) is 5.88 Å². The van der Waals surface area contributed by atoms with Gasteiger partial charge in [-0.1, -0.05) is 0 Å². The maximum Gasteiger partial charge on any atom is 0.232 e. The fourth-order valence-electron chi connectivity index (χ4n) is 2.02. The van der Waals surface area contributed by atoms with Crippen molar-refractivity contribution >= 4 is 27.4 Å². The number of hydrogen-bond acceptors (Lipinski definition) is 5. The number of hydrogen-bond donors (Lipinski definition) is 0. The molecule has 0 radical (unpaired) electrons. The van der Waals surface area contributed by atoms with Crippen molar-refractivity contribution in [3.05, 3.63) is 17.0 Å². The highest BCUT2D eigenvalue weighted by atomic mass is 79.9. The summed E-state index contributed by atoms with van der Waals surface area (Å²) in [6.45, 7) is 3.10. The first-order valence-electron chi connectivity index (χ1n) is 5.70. The second kappa shape index (κ2) is 4.74. The van der Waals surface area contributed by atoms with Crippen LogP contribution in [0.25, 0.3) is 5.65 Å². The number of aromatic nitrogens is 3. The zero-order valence-corrected chi connectivity index (χ0v) is 11.6. The van der Waals surface area contributed by atoms with Crippen molar-refractivity contribution in [2.75, 3.05) is 38.3 Å². The predicted molar refractivity (Wildman–Crippen MR) is 70.3 cm³/mol. The third-order valence-corrected chi connectivity index (χ3v) is 3.27. The van der Waals surface area contributed by atoms with E-state index in [9.17, 15) is 0 Å². The van der Waals surface area contributed by atoms with Crippen LogP contribution in [-0.2, 0) is 4.74 Å². The zero-order valence-electron chi connectivity index (χ0n) is 9.97. The minimum Gasteiger partial charge on any atom is -0.480 e. The molecule has 0 aliphatic carbocycles. The second-order valence-corrected chi connectivity index (χ2v) is 4.81. The van der Waals surface area contributed by atoms with E-state index in [1.54, 1.807) is 7.11 Å². The summed E-state index contributed by atoms with van der Waals surface area (Å²) in [7, 11) is 1.61. The van der Waals surface area contributed by atoms with Crippen LogP contribution in [0.1, 0.15) is 0 Å². The average molecular weight is 313 g/mol. The van der Waals surface area contributed by atoms with Gasteiger partial charge in [-0.25, -0.2) is 4.98 Å². The van der Waals surface area contributed by atoms with Crippen LogP contribution >= 0.6 is 15.9 Å². The fraction of sp³-hybridized carbons (Fsp3) is 0.455. The highest BCUT2D eigenvalue weighted by molar-refractivity contribution is 9.10. The molecule has 0 spiro atoms. The SMILES string of the molecule is COc1cn2cc(Br)nc(N3CCOCC3)c2n1. The molecule has 1 aliphatic heterocycles. The molecular weight excluding hydrogens is 300 g/mol. The molecule has 96 valence electrons. The summed E-state index contributed by atoms with van der Waals surface area (Å²) >= 11 is 3.42. The van der Waals surface area contributed by atoms with E-state index in [0.717, 1.165) is 42.4 Å². The van der Waals surface area contributed by atoms with Crippen LogP contribution in [0.5, 0.6) is 5.88 Å². The van der Waals surface area contributed by atoms with Crippen molar-refractivity contribution in [1.82, 2.24) is 14.4 Å². The van der Waals surface area contributed by atoms with Gasteiger partial charge in [0.1, 0.15) is 4.60 Å². The van der Waals surface area contributed by atoms with E-state index in [4.69, 9.17) is 9.47 Å². The number of fused-ring (bicyclic) bond motifs is 1. The summed E-state index contributed by atoms with van der Waals surface area (Å²) in [5, 5.41) is 0. The molecule has 0 bridgehead atoms. The van der Waals surface area contributed by atoms with Gasteiger partial charge in [-0.15, -0.1) is 0 Å². The van der Waals surface area contributed by atoms with E-state index >= 15 is 0 Å². The molecule has 0 unspecified atom stereocenters. The number of anilines is 1. The van der Waals surface area contributed by atoms with Gasteiger partial charge in [-0.2, -0.15) is 4.98 Å². The van der Waals surface area contributed by atoms with Crippen LogP contribution in [0, 0.1) is 0 Å².